The van der Waals surface area contributed by atoms with Gasteiger partial charge in [0.1, 0.15) is 17.5 Å². The molecule has 0 saturated heterocycles. The molecule has 1 heterocycles. The Bertz CT molecular complexity index is 703. The molecule has 0 aliphatic carbocycles. The molecule has 23 heavy (non-hydrogen) atoms. The maximum Gasteiger partial charge on any atom is 0.234 e. The number of carbonyl (C=O) groups excluding carboxylic acids is 1. The van der Waals surface area contributed by atoms with E-state index in [1.807, 2.05) is 25.3 Å². The second kappa shape index (κ2) is 7.54. The molecule has 0 fully saturated rings. The molecule has 2 rings (SSSR count). The van der Waals surface area contributed by atoms with Gasteiger partial charge in [-0.2, -0.15) is 0 Å². The van der Waals surface area contributed by atoms with Crippen molar-refractivity contribution in [2.24, 2.45) is 0 Å². The number of benzene rings is 1. The minimum absolute atomic E-state index is 0.0446. The number of aromatic nitrogens is 3. The Morgan fingerprint density at radius 2 is 2.09 bits per heavy atom. The van der Waals surface area contributed by atoms with Gasteiger partial charge < -0.3 is 9.88 Å². The first-order valence-electron chi connectivity index (χ1n) is 7.23. The summed E-state index contributed by atoms with van der Waals surface area (Å²) in [6, 6.07) is 3.01. The van der Waals surface area contributed by atoms with Gasteiger partial charge in [0.25, 0.3) is 0 Å². The Morgan fingerprint density at radius 1 is 1.35 bits per heavy atom. The average molecular weight is 340 g/mol. The second-order valence-electron chi connectivity index (χ2n) is 5.20. The van der Waals surface area contributed by atoms with E-state index in [1.165, 1.54) is 17.8 Å². The molecule has 1 N–H and O–H groups in total. The Kier molecular flexibility index (Phi) is 5.70. The Hall–Kier alpha value is -1.96. The lowest BCUT2D eigenvalue weighted by molar-refractivity contribution is -0.113. The SMILES string of the molecule is CCn1c(SCC(=O)Nc2ccc(F)cc2F)nnc1C(C)C. The number of nitrogens with one attached hydrogen (secondary N) is 1. The van der Waals surface area contributed by atoms with E-state index < -0.39 is 17.5 Å². The molecule has 1 aromatic carbocycles. The minimum Gasteiger partial charge on any atom is -0.323 e. The van der Waals surface area contributed by atoms with Crippen molar-refractivity contribution in [3.05, 3.63) is 35.7 Å². The predicted molar refractivity (Wildman–Crippen MR) is 85.5 cm³/mol. The fourth-order valence-electron chi connectivity index (χ4n) is 2.04. The third-order valence-corrected chi connectivity index (χ3v) is 4.08. The van der Waals surface area contributed by atoms with Gasteiger partial charge in [0.15, 0.2) is 5.16 Å². The number of amides is 1. The molecular weight excluding hydrogens is 322 g/mol. The number of hydrogen-bond donors (Lipinski definition) is 1. The summed E-state index contributed by atoms with van der Waals surface area (Å²) in [5.74, 6) is -0.724. The fourth-order valence-corrected chi connectivity index (χ4v) is 2.85. The van der Waals surface area contributed by atoms with Crippen molar-refractivity contribution >= 4 is 23.4 Å². The molecule has 0 spiro atoms. The van der Waals surface area contributed by atoms with Crippen LogP contribution >= 0.6 is 11.8 Å². The molecule has 1 aromatic heterocycles. The van der Waals surface area contributed by atoms with Crippen molar-refractivity contribution < 1.29 is 13.6 Å². The molecule has 0 unspecified atom stereocenters. The van der Waals surface area contributed by atoms with E-state index in [2.05, 4.69) is 15.5 Å². The highest BCUT2D eigenvalue weighted by Crippen LogP contribution is 2.22. The lowest BCUT2D eigenvalue weighted by Crippen LogP contribution is -2.16. The van der Waals surface area contributed by atoms with E-state index in [9.17, 15) is 13.6 Å². The molecule has 124 valence electrons. The number of carbonyl (C=O) groups is 1. The molecule has 0 aliphatic heterocycles. The first-order chi connectivity index (χ1) is 10.9. The molecule has 0 aliphatic rings. The maximum absolute atomic E-state index is 13.5. The van der Waals surface area contributed by atoms with Crippen LogP contribution in [0.1, 0.15) is 32.5 Å². The van der Waals surface area contributed by atoms with Gasteiger partial charge in [0.2, 0.25) is 5.91 Å². The van der Waals surface area contributed by atoms with Gasteiger partial charge in [-0.25, -0.2) is 8.78 Å². The Balaban J connectivity index is 1.99. The van der Waals surface area contributed by atoms with Crippen LogP contribution in [0.25, 0.3) is 0 Å². The topological polar surface area (TPSA) is 59.8 Å². The van der Waals surface area contributed by atoms with E-state index >= 15 is 0 Å². The molecule has 8 heteroatoms. The number of thioether (sulfide) groups is 1. The van der Waals surface area contributed by atoms with Crippen LogP contribution in [0.2, 0.25) is 0 Å². The van der Waals surface area contributed by atoms with E-state index in [0.29, 0.717) is 11.7 Å². The van der Waals surface area contributed by atoms with Gasteiger partial charge in [-0.05, 0) is 19.1 Å². The fraction of sp³-hybridized carbons (Fsp3) is 0.400. The van der Waals surface area contributed by atoms with Crippen LogP contribution in [0.15, 0.2) is 23.4 Å². The monoisotopic (exact) mass is 340 g/mol. The van der Waals surface area contributed by atoms with Crippen LogP contribution in [-0.2, 0) is 11.3 Å². The Labute approximate surface area is 137 Å². The lowest BCUT2D eigenvalue weighted by atomic mass is 10.2. The zero-order valence-electron chi connectivity index (χ0n) is 13.1. The number of halogens is 2. The van der Waals surface area contributed by atoms with Crippen LogP contribution in [0, 0.1) is 11.6 Å². The molecule has 0 saturated carbocycles. The highest BCUT2D eigenvalue weighted by molar-refractivity contribution is 7.99. The van der Waals surface area contributed by atoms with Crippen molar-refractivity contribution in [1.82, 2.24) is 14.8 Å². The van der Waals surface area contributed by atoms with Crippen LogP contribution in [0.3, 0.4) is 0 Å². The number of rotatable bonds is 6. The van der Waals surface area contributed by atoms with Gasteiger partial charge in [-0.15, -0.1) is 10.2 Å². The standard InChI is InChI=1S/C15H18F2N4OS/c1-4-21-14(9(2)3)19-20-15(21)23-8-13(22)18-12-6-5-10(16)7-11(12)17/h5-7,9H,4,8H2,1-3H3,(H,18,22). The molecule has 5 nitrogen and oxygen atoms in total. The summed E-state index contributed by atoms with van der Waals surface area (Å²) in [5.41, 5.74) is -0.0446. The Morgan fingerprint density at radius 3 is 2.70 bits per heavy atom. The van der Waals surface area contributed by atoms with Gasteiger partial charge in [-0.1, -0.05) is 25.6 Å². The van der Waals surface area contributed by atoms with Gasteiger partial charge in [0, 0.05) is 18.5 Å². The third-order valence-electron chi connectivity index (χ3n) is 3.12. The highest BCUT2D eigenvalue weighted by Gasteiger charge is 2.15. The summed E-state index contributed by atoms with van der Waals surface area (Å²) in [7, 11) is 0. The predicted octanol–water partition coefficient (Wildman–Crippen LogP) is 3.43. The molecule has 0 atom stereocenters. The van der Waals surface area contributed by atoms with E-state index in [0.717, 1.165) is 18.0 Å². The van der Waals surface area contributed by atoms with Crippen molar-refractivity contribution in [3.8, 4) is 0 Å². The summed E-state index contributed by atoms with van der Waals surface area (Å²) < 4.78 is 28.3. The quantitative estimate of drug-likeness (QED) is 0.819. The van der Waals surface area contributed by atoms with E-state index in [-0.39, 0.29) is 17.4 Å². The molecule has 2 aromatic rings. The van der Waals surface area contributed by atoms with Crippen molar-refractivity contribution in [3.63, 3.8) is 0 Å². The van der Waals surface area contributed by atoms with Crippen molar-refractivity contribution in [2.75, 3.05) is 11.1 Å². The van der Waals surface area contributed by atoms with E-state index in [1.54, 1.807) is 0 Å². The largest absolute Gasteiger partial charge is 0.323 e. The zero-order valence-corrected chi connectivity index (χ0v) is 14.0. The first-order valence-corrected chi connectivity index (χ1v) is 8.21. The van der Waals surface area contributed by atoms with Crippen molar-refractivity contribution in [1.29, 1.82) is 0 Å². The summed E-state index contributed by atoms with van der Waals surface area (Å²) in [6.45, 7) is 6.73. The van der Waals surface area contributed by atoms with E-state index in [4.69, 9.17) is 0 Å². The minimum atomic E-state index is -0.804. The summed E-state index contributed by atoms with van der Waals surface area (Å²) in [6.07, 6.45) is 0. The molecule has 0 bridgehead atoms. The normalized spacial score (nSPS) is 11.0. The lowest BCUT2D eigenvalue weighted by Gasteiger charge is -2.09. The van der Waals surface area contributed by atoms with Crippen LogP contribution < -0.4 is 5.32 Å². The number of hydrogen-bond acceptors (Lipinski definition) is 4. The number of nitrogens with zero attached hydrogens (tertiary/aromatic N) is 3. The maximum atomic E-state index is 13.5. The summed E-state index contributed by atoms with van der Waals surface area (Å²) in [4.78, 5) is 11.9. The smallest absolute Gasteiger partial charge is 0.234 e. The molecule has 0 radical (unpaired) electrons. The van der Waals surface area contributed by atoms with Gasteiger partial charge in [-0.3, -0.25) is 4.79 Å². The van der Waals surface area contributed by atoms with Crippen molar-refractivity contribution in [2.45, 2.75) is 38.4 Å². The van der Waals surface area contributed by atoms with Crippen LogP contribution in [-0.4, -0.2) is 26.4 Å². The molecule has 1 amide bonds. The van der Waals surface area contributed by atoms with Gasteiger partial charge in [0.05, 0.1) is 11.4 Å². The van der Waals surface area contributed by atoms with Gasteiger partial charge >= 0.3 is 0 Å². The average Bonchev–Trinajstić information content (AvgIpc) is 2.91. The number of anilines is 1. The molecular formula is C15H18F2N4OS. The summed E-state index contributed by atoms with van der Waals surface area (Å²) in [5, 5.41) is 11.3. The second-order valence-corrected chi connectivity index (χ2v) is 6.14. The van der Waals surface area contributed by atoms with Crippen LogP contribution in [0.5, 0.6) is 0 Å². The van der Waals surface area contributed by atoms with Crippen LogP contribution in [0.4, 0.5) is 14.5 Å². The first kappa shape index (κ1) is 17.4. The zero-order chi connectivity index (χ0) is 17.0. The third kappa shape index (κ3) is 4.28. The summed E-state index contributed by atoms with van der Waals surface area (Å²) >= 11 is 1.23. The highest BCUT2D eigenvalue weighted by atomic mass is 32.2.